The van der Waals surface area contributed by atoms with Gasteiger partial charge in [-0.2, -0.15) is 0 Å². The molecule has 3 aliphatic heterocycles. The molecule has 0 spiro atoms. The molecule has 3 rings (SSSR count). The lowest BCUT2D eigenvalue weighted by atomic mass is 9.79. The second-order valence-corrected chi connectivity index (χ2v) is 15.8. The first kappa shape index (κ1) is 48.0. The molecule has 0 aromatic carbocycles. The molecule has 3 aliphatic rings. The highest BCUT2D eigenvalue weighted by molar-refractivity contribution is 5.91. The second-order valence-electron chi connectivity index (χ2n) is 15.8. The van der Waals surface area contributed by atoms with E-state index in [1.807, 2.05) is 19.9 Å². The molecule has 0 aliphatic carbocycles. The largest absolute Gasteiger partial charge is 0.462 e. The summed E-state index contributed by atoms with van der Waals surface area (Å²) in [6.07, 6.45) is -1.83. The number of methoxy groups -OCH3 is 2. The van der Waals surface area contributed by atoms with Crippen LogP contribution in [-0.2, 0) is 47.5 Å². The lowest BCUT2D eigenvalue weighted by Gasteiger charge is -2.46. The van der Waals surface area contributed by atoms with Crippen LogP contribution in [0.15, 0.2) is 36.0 Å². The highest BCUT2D eigenvalue weighted by Gasteiger charge is 2.48. The Bertz CT molecular complexity index is 1340. The first-order valence-electron chi connectivity index (χ1n) is 19.7. The molecule has 0 unspecified atom stereocenters. The fourth-order valence-electron chi connectivity index (χ4n) is 7.94. The number of carbonyl (C=O) groups excluding carboxylic acids is 3. The minimum Gasteiger partial charge on any atom is -0.462 e. The molecule has 15 heteroatoms. The van der Waals surface area contributed by atoms with Gasteiger partial charge in [-0.25, -0.2) is 0 Å². The topological polar surface area (TPSA) is 200 Å². The fourth-order valence-corrected chi connectivity index (χ4v) is 7.94. The molecule has 0 aromatic rings. The van der Waals surface area contributed by atoms with Crippen molar-refractivity contribution in [3.63, 3.8) is 0 Å². The molecule has 4 N–H and O–H groups in total. The Hall–Kier alpha value is -2.41. The van der Waals surface area contributed by atoms with Gasteiger partial charge in [-0.05, 0) is 72.2 Å². The Morgan fingerprint density at radius 2 is 1.54 bits per heavy atom. The number of aliphatic hydroxyl groups excluding tert-OH is 4. The summed E-state index contributed by atoms with van der Waals surface area (Å²) in [7, 11) is 6.39. The van der Waals surface area contributed by atoms with Crippen LogP contribution in [0.1, 0.15) is 67.2 Å². The Balaban J connectivity index is 2.00. The Morgan fingerprint density at radius 3 is 2.14 bits per heavy atom. The number of nitrogens with zero attached hydrogens (tertiary/aromatic N) is 1. The van der Waals surface area contributed by atoms with E-state index in [9.17, 15) is 34.8 Å². The van der Waals surface area contributed by atoms with Crippen molar-refractivity contribution in [1.29, 1.82) is 0 Å². The van der Waals surface area contributed by atoms with E-state index in [2.05, 4.69) is 0 Å². The van der Waals surface area contributed by atoms with E-state index in [0.29, 0.717) is 18.3 Å². The van der Waals surface area contributed by atoms with Gasteiger partial charge in [-0.15, -0.1) is 0 Å². The predicted octanol–water partition coefficient (Wildman–Crippen LogP) is 2.12. The Labute approximate surface area is 331 Å². The van der Waals surface area contributed by atoms with Crippen LogP contribution in [0.4, 0.5) is 0 Å². The van der Waals surface area contributed by atoms with Gasteiger partial charge in [0.25, 0.3) is 0 Å². The number of carbonyl (C=O) groups is 3. The zero-order valence-corrected chi connectivity index (χ0v) is 34.6. The van der Waals surface area contributed by atoms with Crippen LogP contribution in [0.25, 0.3) is 0 Å². The zero-order chi connectivity index (χ0) is 41.9. The van der Waals surface area contributed by atoms with Crippen molar-refractivity contribution in [3.8, 4) is 0 Å². The Kier molecular flexibility index (Phi) is 19.4. The monoisotopic (exact) mass is 797 g/mol. The molecule has 0 bridgehead atoms. The third-order valence-electron chi connectivity index (χ3n) is 11.4. The number of ketones is 1. The third-order valence-corrected chi connectivity index (χ3v) is 11.4. The van der Waals surface area contributed by atoms with Gasteiger partial charge in [0.05, 0.1) is 49.6 Å². The summed E-state index contributed by atoms with van der Waals surface area (Å²) in [5, 5.41) is 44.5. The number of hydrogen-bond acceptors (Lipinski definition) is 15. The van der Waals surface area contributed by atoms with Gasteiger partial charge < -0.3 is 58.5 Å². The second kappa shape index (κ2) is 22.7. The van der Waals surface area contributed by atoms with E-state index >= 15 is 0 Å². The van der Waals surface area contributed by atoms with Crippen LogP contribution in [0, 0.1) is 23.7 Å². The quantitative estimate of drug-likeness (QED) is 0.127. The molecule has 2 fully saturated rings. The summed E-state index contributed by atoms with van der Waals surface area (Å²) in [5.74, 6) is -3.12. The van der Waals surface area contributed by atoms with Crippen molar-refractivity contribution in [2.24, 2.45) is 23.7 Å². The van der Waals surface area contributed by atoms with Crippen molar-refractivity contribution in [3.05, 3.63) is 36.0 Å². The molecule has 15 nitrogen and oxygen atoms in total. The average Bonchev–Trinajstić information content (AvgIpc) is 3.15. The standard InChI is InChI=1S/C41H67NO14/c1-11-31-28(21-52-41-39(51-10)38(50-9)35(48)26(6)54-41)18-22(2)15-16-29(44)23(3)19-27(14-12-13-17-43)37(24(4)30(45)20-32(46)55-31)56-40-36(49)33(42(7)8)34(47)25(5)53-40/h12-13,15-18,23-28,30-31,33-41,45,47-49H,11,14,19-21H2,1-10H3/b13-12+,16-15+,22-18+/t23-,24+,25+,26-,27+,28-,30-,31-,33-,34+,35-,36+,37-,38-,39-,40-,41-/m1/s1. The van der Waals surface area contributed by atoms with E-state index < -0.39 is 116 Å². The molecule has 320 valence electrons. The molecule has 56 heavy (non-hydrogen) atoms. The summed E-state index contributed by atoms with van der Waals surface area (Å²) < 4.78 is 41.9. The molecule has 0 amide bonds. The zero-order valence-electron chi connectivity index (χ0n) is 34.6. The van der Waals surface area contributed by atoms with Crippen LogP contribution in [0.5, 0.6) is 0 Å². The van der Waals surface area contributed by atoms with Gasteiger partial charge in [0.1, 0.15) is 36.8 Å². The molecular formula is C41H67NO14. The number of rotatable bonds is 12. The first-order valence-corrected chi connectivity index (χ1v) is 19.7. The van der Waals surface area contributed by atoms with Crippen molar-refractivity contribution >= 4 is 18.0 Å². The van der Waals surface area contributed by atoms with Gasteiger partial charge in [0, 0.05) is 32.0 Å². The number of aliphatic hydroxyl groups is 4. The smallest absolute Gasteiger partial charge is 0.308 e. The van der Waals surface area contributed by atoms with Gasteiger partial charge in [0.15, 0.2) is 18.4 Å². The Morgan fingerprint density at radius 1 is 0.893 bits per heavy atom. The van der Waals surface area contributed by atoms with E-state index in [4.69, 9.17) is 33.2 Å². The number of esters is 1. The van der Waals surface area contributed by atoms with E-state index in [1.54, 1.807) is 58.8 Å². The van der Waals surface area contributed by atoms with Crippen LogP contribution >= 0.6 is 0 Å². The molecule has 0 radical (unpaired) electrons. The SMILES string of the molecule is CC[C@H]1OC(=O)C[C@@H](O)[C@H](C)[C@@H](O[C@H]2O[C@@H](C)[C@H](O)[C@@H](N(C)C)[C@@H]2O)[C@@H](C/C=C/C=O)C[C@@H](C)C(=O)/C=C/C(C)=C/[C@@H]1CO[C@@H]1O[C@H](C)[C@@H](O)[C@@H](OC)[C@H]1OC. The van der Waals surface area contributed by atoms with E-state index in [1.165, 1.54) is 26.4 Å². The van der Waals surface area contributed by atoms with Crippen molar-refractivity contribution in [1.82, 2.24) is 4.90 Å². The predicted molar refractivity (Wildman–Crippen MR) is 205 cm³/mol. The van der Waals surface area contributed by atoms with E-state index in [-0.39, 0.29) is 25.2 Å². The minimum absolute atomic E-state index is 0.0146. The molecule has 3 heterocycles. The lowest BCUT2D eigenvalue weighted by molar-refractivity contribution is -0.304. The first-order chi connectivity index (χ1) is 26.5. The summed E-state index contributed by atoms with van der Waals surface area (Å²) in [6.45, 7) is 10.6. The van der Waals surface area contributed by atoms with Crippen LogP contribution in [0.2, 0.25) is 0 Å². The number of allylic oxidation sites excluding steroid dienone is 5. The van der Waals surface area contributed by atoms with E-state index in [0.717, 1.165) is 0 Å². The number of likely N-dealkylation sites (N-methyl/N-ethyl adjacent to an activating group) is 1. The number of ether oxygens (including phenoxy) is 7. The number of hydrogen-bond donors (Lipinski definition) is 4. The molecular weight excluding hydrogens is 730 g/mol. The normalized spacial score (nSPS) is 42.6. The van der Waals surface area contributed by atoms with Crippen LogP contribution in [-0.4, -0.2) is 158 Å². The summed E-state index contributed by atoms with van der Waals surface area (Å²) >= 11 is 0. The van der Waals surface area contributed by atoms with Crippen molar-refractivity contribution in [2.45, 2.75) is 147 Å². The maximum atomic E-state index is 13.6. The maximum absolute atomic E-state index is 13.6. The highest BCUT2D eigenvalue weighted by Crippen LogP contribution is 2.35. The highest BCUT2D eigenvalue weighted by atomic mass is 16.7. The van der Waals surface area contributed by atoms with Gasteiger partial charge in [-0.3, -0.25) is 14.4 Å². The minimum atomic E-state index is -1.29. The molecule has 2 saturated heterocycles. The molecule has 0 saturated carbocycles. The number of cyclic esters (lactones) is 1. The van der Waals surface area contributed by atoms with Crippen molar-refractivity contribution in [2.75, 3.05) is 34.9 Å². The van der Waals surface area contributed by atoms with Crippen LogP contribution in [0.3, 0.4) is 0 Å². The summed E-state index contributed by atoms with van der Waals surface area (Å²) in [5.41, 5.74) is 0.711. The lowest BCUT2D eigenvalue weighted by Crippen LogP contribution is -2.63. The fraction of sp³-hybridized carbons (Fsp3) is 0.780. The summed E-state index contributed by atoms with van der Waals surface area (Å²) in [4.78, 5) is 40.3. The molecule has 17 atom stereocenters. The van der Waals surface area contributed by atoms with Gasteiger partial charge in [0.2, 0.25) is 0 Å². The third kappa shape index (κ3) is 12.5. The van der Waals surface area contributed by atoms with Gasteiger partial charge >= 0.3 is 5.97 Å². The maximum Gasteiger partial charge on any atom is 0.308 e. The van der Waals surface area contributed by atoms with Gasteiger partial charge in [-0.1, -0.05) is 44.6 Å². The van der Waals surface area contributed by atoms with Crippen LogP contribution < -0.4 is 0 Å². The van der Waals surface area contributed by atoms with Crippen molar-refractivity contribution < 1.29 is 68.0 Å². The number of aldehydes is 1. The summed E-state index contributed by atoms with van der Waals surface area (Å²) in [6, 6.07) is -0.732. The molecule has 0 aromatic heterocycles. The average molecular weight is 798 g/mol.